The summed E-state index contributed by atoms with van der Waals surface area (Å²) in [4.78, 5) is 23.5. The van der Waals surface area contributed by atoms with Crippen LogP contribution in [0.15, 0.2) is 18.2 Å². The number of benzene rings is 1. The fourth-order valence-electron chi connectivity index (χ4n) is 2.89. The second-order valence-electron chi connectivity index (χ2n) is 5.82. The Hall–Kier alpha value is -1.26. The van der Waals surface area contributed by atoms with Crippen LogP contribution in [0.1, 0.15) is 37.2 Å². The molecule has 0 bridgehead atoms. The van der Waals surface area contributed by atoms with E-state index in [1.165, 1.54) is 0 Å². The molecule has 2 fully saturated rings. The minimum absolute atomic E-state index is 0.0297. The van der Waals surface area contributed by atoms with Gasteiger partial charge in [-0.25, -0.2) is 4.79 Å². The van der Waals surface area contributed by atoms with Crippen LogP contribution in [-0.4, -0.2) is 22.5 Å². The first-order valence-electron chi connectivity index (χ1n) is 6.94. The molecule has 2 N–H and O–H groups in total. The molecule has 0 saturated heterocycles. The maximum Gasteiger partial charge on any atom is 0.329 e. The number of carbonyl (C=O) groups is 2. The summed E-state index contributed by atoms with van der Waals surface area (Å²) < 4.78 is 0. The molecule has 2 aliphatic carbocycles. The van der Waals surface area contributed by atoms with Gasteiger partial charge in [-0.1, -0.05) is 35.3 Å². The largest absolute Gasteiger partial charge is 0.480 e. The van der Waals surface area contributed by atoms with E-state index in [2.05, 4.69) is 5.32 Å². The quantitative estimate of drug-likeness (QED) is 0.892. The minimum Gasteiger partial charge on any atom is -0.480 e. The second-order valence-corrected chi connectivity index (χ2v) is 6.61. The molecule has 0 aliphatic heterocycles. The van der Waals surface area contributed by atoms with Crippen molar-refractivity contribution in [2.75, 3.05) is 0 Å². The fraction of sp³-hybridized carbons (Fsp3) is 0.467. The Kier molecular flexibility index (Phi) is 3.62. The maximum absolute atomic E-state index is 12.2. The van der Waals surface area contributed by atoms with Gasteiger partial charge in [0, 0.05) is 5.92 Å². The Balaban J connectivity index is 1.69. The van der Waals surface area contributed by atoms with Gasteiger partial charge in [0.25, 0.3) is 0 Å². The highest BCUT2D eigenvalue weighted by Crippen LogP contribution is 2.51. The zero-order chi connectivity index (χ0) is 15.2. The Morgan fingerprint density at radius 2 is 2.00 bits per heavy atom. The Morgan fingerprint density at radius 1 is 1.29 bits per heavy atom. The highest BCUT2D eigenvalue weighted by molar-refractivity contribution is 6.42. The van der Waals surface area contributed by atoms with E-state index >= 15 is 0 Å². The van der Waals surface area contributed by atoms with Gasteiger partial charge in [-0.2, -0.15) is 0 Å². The molecule has 1 aromatic carbocycles. The summed E-state index contributed by atoms with van der Waals surface area (Å²) in [5.74, 6) is -1.32. The van der Waals surface area contributed by atoms with Gasteiger partial charge in [-0.3, -0.25) is 4.79 Å². The van der Waals surface area contributed by atoms with Crippen LogP contribution in [0.4, 0.5) is 0 Å². The summed E-state index contributed by atoms with van der Waals surface area (Å²) in [7, 11) is 0. The van der Waals surface area contributed by atoms with Crippen LogP contribution in [0.2, 0.25) is 10.0 Å². The van der Waals surface area contributed by atoms with Crippen molar-refractivity contribution in [3.8, 4) is 0 Å². The van der Waals surface area contributed by atoms with Gasteiger partial charge in [0.05, 0.1) is 10.0 Å². The Labute approximate surface area is 132 Å². The third-order valence-electron chi connectivity index (χ3n) is 4.49. The molecule has 2 saturated carbocycles. The van der Waals surface area contributed by atoms with E-state index in [1.807, 2.05) is 12.1 Å². The predicted molar refractivity (Wildman–Crippen MR) is 79.7 cm³/mol. The monoisotopic (exact) mass is 327 g/mol. The van der Waals surface area contributed by atoms with Crippen LogP contribution in [0.25, 0.3) is 0 Å². The number of hydrogen-bond donors (Lipinski definition) is 2. The molecule has 2 atom stereocenters. The molecular formula is C15H15Cl2NO3. The van der Waals surface area contributed by atoms with Gasteiger partial charge in [-0.05, 0) is 43.2 Å². The van der Waals surface area contributed by atoms with Crippen molar-refractivity contribution in [2.24, 2.45) is 5.92 Å². The summed E-state index contributed by atoms with van der Waals surface area (Å²) in [6, 6.07) is 5.38. The van der Waals surface area contributed by atoms with Crippen LogP contribution in [0.5, 0.6) is 0 Å². The van der Waals surface area contributed by atoms with Crippen LogP contribution in [-0.2, 0) is 9.59 Å². The smallest absolute Gasteiger partial charge is 0.329 e. The number of rotatable bonds is 4. The summed E-state index contributed by atoms with van der Waals surface area (Å²) in [5, 5.41) is 12.9. The van der Waals surface area contributed by atoms with Crippen molar-refractivity contribution >= 4 is 35.1 Å². The average Bonchev–Trinajstić information content (AvgIpc) is 3.16. The van der Waals surface area contributed by atoms with Crippen LogP contribution in [0.3, 0.4) is 0 Å². The Morgan fingerprint density at radius 3 is 2.57 bits per heavy atom. The number of aliphatic carboxylic acids is 1. The fourth-order valence-corrected chi connectivity index (χ4v) is 3.33. The lowest BCUT2D eigenvalue weighted by atomic mass is 9.76. The molecule has 2 unspecified atom stereocenters. The normalized spacial score (nSPS) is 25.8. The van der Waals surface area contributed by atoms with E-state index < -0.39 is 11.5 Å². The molecule has 6 heteroatoms. The first kappa shape index (κ1) is 14.7. The van der Waals surface area contributed by atoms with Gasteiger partial charge in [-0.15, -0.1) is 0 Å². The Bertz CT molecular complexity index is 613. The molecule has 0 spiro atoms. The van der Waals surface area contributed by atoms with E-state index in [-0.39, 0.29) is 17.7 Å². The number of carboxylic acids is 1. The number of hydrogen-bond acceptors (Lipinski definition) is 2. The summed E-state index contributed by atoms with van der Waals surface area (Å²) >= 11 is 12.1. The minimum atomic E-state index is -1.05. The lowest BCUT2D eigenvalue weighted by Gasteiger charge is -2.38. The van der Waals surface area contributed by atoms with Crippen molar-refractivity contribution in [1.29, 1.82) is 0 Å². The van der Waals surface area contributed by atoms with Gasteiger partial charge >= 0.3 is 5.97 Å². The maximum atomic E-state index is 12.2. The molecule has 4 nitrogen and oxygen atoms in total. The van der Waals surface area contributed by atoms with Crippen LogP contribution < -0.4 is 5.32 Å². The third kappa shape index (κ3) is 2.51. The van der Waals surface area contributed by atoms with Crippen molar-refractivity contribution in [3.05, 3.63) is 33.8 Å². The topological polar surface area (TPSA) is 66.4 Å². The van der Waals surface area contributed by atoms with E-state index in [1.54, 1.807) is 6.07 Å². The van der Waals surface area contributed by atoms with Gasteiger partial charge in [0.1, 0.15) is 5.54 Å². The van der Waals surface area contributed by atoms with Gasteiger partial charge in [0.2, 0.25) is 5.91 Å². The summed E-state index contributed by atoms with van der Waals surface area (Å²) in [6.07, 6.45) is 2.52. The summed E-state index contributed by atoms with van der Waals surface area (Å²) in [5.41, 5.74) is -0.190. The van der Waals surface area contributed by atoms with E-state index in [0.717, 1.165) is 12.0 Å². The molecule has 1 aromatic rings. The standard InChI is InChI=1S/C15H15Cl2NO3/c16-11-4-1-3-8(12(11)17)9-7-10(9)13(19)18-15(14(20)21)5-2-6-15/h1,3-4,9-10H,2,5-7H2,(H,18,19)(H,20,21). The molecular weight excluding hydrogens is 313 g/mol. The van der Waals surface area contributed by atoms with E-state index in [0.29, 0.717) is 29.3 Å². The highest BCUT2D eigenvalue weighted by Gasteiger charge is 2.51. The van der Waals surface area contributed by atoms with Crippen molar-refractivity contribution < 1.29 is 14.7 Å². The SMILES string of the molecule is O=C(NC1(C(=O)O)CCC1)C1CC1c1cccc(Cl)c1Cl. The molecule has 21 heavy (non-hydrogen) atoms. The average molecular weight is 328 g/mol. The lowest BCUT2D eigenvalue weighted by molar-refractivity contribution is -0.152. The molecule has 2 aliphatic rings. The first-order valence-corrected chi connectivity index (χ1v) is 7.69. The summed E-state index contributed by atoms with van der Waals surface area (Å²) in [6.45, 7) is 0. The molecule has 0 aromatic heterocycles. The third-order valence-corrected chi connectivity index (χ3v) is 5.32. The molecule has 0 radical (unpaired) electrons. The van der Waals surface area contributed by atoms with E-state index in [9.17, 15) is 14.7 Å². The first-order chi connectivity index (χ1) is 9.94. The molecule has 0 heterocycles. The number of halogens is 2. The van der Waals surface area contributed by atoms with Gasteiger partial charge < -0.3 is 10.4 Å². The van der Waals surface area contributed by atoms with Crippen LogP contribution in [0, 0.1) is 5.92 Å². The molecule has 3 rings (SSSR count). The van der Waals surface area contributed by atoms with Crippen molar-refractivity contribution in [3.63, 3.8) is 0 Å². The van der Waals surface area contributed by atoms with Gasteiger partial charge in [0.15, 0.2) is 0 Å². The van der Waals surface area contributed by atoms with Crippen molar-refractivity contribution in [1.82, 2.24) is 5.32 Å². The highest BCUT2D eigenvalue weighted by atomic mass is 35.5. The zero-order valence-electron chi connectivity index (χ0n) is 11.2. The zero-order valence-corrected chi connectivity index (χ0v) is 12.7. The number of carboxylic acid groups (broad SMARTS) is 1. The predicted octanol–water partition coefficient (Wildman–Crippen LogP) is 3.22. The molecule has 112 valence electrons. The van der Waals surface area contributed by atoms with E-state index in [4.69, 9.17) is 23.2 Å². The second kappa shape index (κ2) is 5.18. The number of carbonyl (C=O) groups excluding carboxylic acids is 1. The van der Waals surface area contributed by atoms with Crippen molar-refractivity contribution in [2.45, 2.75) is 37.1 Å². The molecule has 1 amide bonds. The lowest BCUT2D eigenvalue weighted by Crippen LogP contribution is -2.59. The van der Waals surface area contributed by atoms with Crippen LogP contribution >= 0.6 is 23.2 Å². The number of amides is 1. The number of nitrogens with one attached hydrogen (secondary N) is 1.